The molecule has 0 amide bonds. The van der Waals surface area contributed by atoms with Gasteiger partial charge in [0.2, 0.25) is 0 Å². The second-order valence-corrected chi connectivity index (χ2v) is 4.10. The minimum atomic E-state index is -0.732. The van der Waals surface area contributed by atoms with Gasteiger partial charge in [-0.05, 0) is 22.0 Å². The van der Waals surface area contributed by atoms with Crippen molar-refractivity contribution in [2.75, 3.05) is 0 Å². The SMILES string of the molecule is Cn1nc([N+](=O)[O-])nc1Oc1cc(=O)oc2ccccc12. The smallest absolute Gasteiger partial charge is 0.422 e. The van der Waals surface area contributed by atoms with E-state index in [0.717, 1.165) is 10.7 Å². The summed E-state index contributed by atoms with van der Waals surface area (Å²) in [7, 11) is 1.45. The van der Waals surface area contributed by atoms with Gasteiger partial charge in [-0.3, -0.25) is 0 Å². The largest absolute Gasteiger partial charge is 0.494 e. The number of aromatic nitrogens is 3. The summed E-state index contributed by atoms with van der Waals surface area (Å²) < 4.78 is 11.6. The van der Waals surface area contributed by atoms with E-state index in [9.17, 15) is 14.9 Å². The molecule has 0 saturated carbocycles. The molecule has 0 fully saturated rings. The van der Waals surface area contributed by atoms with E-state index in [1.807, 2.05) is 0 Å². The first-order valence-corrected chi connectivity index (χ1v) is 5.81. The third kappa shape index (κ3) is 2.31. The Morgan fingerprint density at radius 1 is 1.38 bits per heavy atom. The fourth-order valence-electron chi connectivity index (χ4n) is 1.79. The molecule has 2 heterocycles. The zero-order valence-corrected chi connectivity index (χ0v) is 10.7. The Hall–Kier alpha value is -3.23. The predicted molar refractivity (Wildman–Crippen MR) is 70.2 cm³/mol. The maximum Gasteiger partial charge on any atom is 0.494 e. The van der Waals surface area contributed by atoms with Crippen molar-refractivity contribution in [1.29, 1.82) is 0 Å². The zero-order chi connectivity index (χ0) is 15.0. The Bertz CT molecular complexity index is 898. The van der Waals surface area contributed by atoms with Crippen LogP contribution in [0.3, 0.4) is 0 Å². The van der Waals surface area contributed by atoms with Gasteiger partial charge in [-0.1, -0.05) is 12.1 Å². The van der Waals surface area contributed by atoms with E-state index in [0.29, 0.717) is 11.0 Å². The van der Waals surface area contributed by atoms with Gasteiger partial charge in [-0.15, -0.1) is 4.68 Å². The fourth-order valence-corrected chi connectivity index (χ4v) is 1.79. The summed E-state index contributed by atoms with van der Waals surface area (Å²) in [5, 5.41) is 14.8. The molecule has 0 radical (unpaired) electrons. The van der Waals surface area contributed by atoms with Gasteiger partial charge in [-0.25, -0.2) is 4.79 Å². The molecule has 106 valence electrons. The molecule has 0 aliphatic rings. The average Bonchev–Trinajstić information content (AvgIpc) is 2.80. The normalized spacial score (nSPS) is 10.7. The summed E-state index contributed by atoms with van der Waals surface area (Å²) in [6.45, 7) is 0. The van der Waals surface area contributed by atoms with Crippen LogP contribution in [0.25, 0.3) is 11.0 Å². The van der Waals surface area contributed by atoms with Crippen molar-refractivity contribution in [1.82, 2.24) is 14.8 Å². The number of ether oxygens (including phenoxy) is 1. The van der Waals surface area contributed by atoms with Crippen molar-refractivity contribution in [2.24, 2.45) is 7.05 Å². The summed E-state index contributed by atoms with van der Waals surface area (Å²) in [5.41, 5.74) is -0.253. The van der Waals surface area contributed by atoms with E-state index in [1.54, 1.807) is 24.3 Å². The van der Waals surface area contributed by atoms with Gasteiger partial charge in [-0.2, -0.15) is 0 Å². The number of rotatable bonds is 3. The maximum absolute atomic E-state index is 11.5. The van der Waals surface area contributed by atoms with Crippen LogP contribution >= 0.6 is 0 Å². The predicted octanol–water partition coefficient (Wildman–Crippen LogP) is 1.62. The zero-order valence-electron chi connectivity index (χ0n) is 10.7. The number of hydrogen-bond acceptors (Lipinski definition) is 7. The molecule has 3 aromatic rings. The molecule has 0 aliphatic carbocycles. The first-order valence-electron chi connectivity index (χ1n) is 5.81. The molecular formula is C12H8N4O5. The van der Waals surface area contributed by atoms with Crippen LogP contribution in [0, 0.1) is 10.1 Å². The summed E-state index contributed by atoms with van der Waals surface area (Å²) in [4.78, 5) is 25.0. The Balaban J connectivity index is 2.10. The number of benzene rings is 1. The molecule has 0 bridgehead atoms. The van der Waals surface area contributed by atoms with Gasteiger partial charge in [0, 0.05) is 5.10 Å². The lowest BCUT2D eigenvalue weighted by atomic mass is 10.2. The summed E-state index contributed by atoms with van der Waals surface area (Å²) >= 11 is 0. The molecule has 0 atom stereocenters. The summed E-state index contributed by atoms with van der Waals surface area (Å²) in [6.07, 6.45) is 0. The lowest BCUT2D eigenvalue weighted by Crippen LogP contribution is -2.01. The molecule has 9 nitrogen and oxygen atoms in total. The van der Waals surface area contributed by atoms with Crippen LogP contribution in [-0.2, 0) is 7.05 Å². The number of aryl methyl sites for hydroxylation is 1. The molecule has 0 saturated heterocycles. The standard InChI is InChI=1S/C12H8N4O5/c1-15-12(13-11(14-15)16(18)19)21-9-6-10(17)20-8-5-3-2-4-7(8)9/h2-6H,1H3. The quantitative estimate of drug-likeness (QED) is 0.408. The lowest BCUT2D eigenvalue weighted by Gasteiger charge is -2.03. The van der Waals surface area contributed by atoms with Crippen molar-refractivity contribution < 1.29 is 14.1 Å². The van der Waals surface area contributed by atoms with Gasteiger partial charge < -0.3 is 19.3 Å². The molecule has 1 aromatic carbocycles. The second-order valence-electron chi connectivity index (χ2n) is 4.10. The van der Waals surface area contributed by atoms with Crippen molar-refractivity contribution in [3.63, 3.8) is 0 Å². The summed E-state index contributed by atoms with van der Waals surface area (Å²) in [6, 6.07) is 7.80. The van der Waals surface area contributed by atoms with Crippen LogP contribution in [0.2, 0.25) is 0 Å². The molecular weight excluding hydrogens is 280 g/mol. The van der Waals surface area contributed by atoms with E-state index in [-0.39, 0.29) is 11.8 Å². The van der Waals surface area contributed by atoms with Crippen molar-refractivity contribution in [2.45, 2.75) is 0 Å². The Morgan fingerprint density at radius 2 is 2.14 bits per heavy atom. The highest BCUT2D eigenvalue weighted by Gasteiger charge is 2.22. The van der Waals surface area contributed by atoms with Gasteiger partial charge in [0.05, 0.1) is 18.5 Å². The van der Waals surface area contributed by atoms with Gasteiger partial charge in [0.25, 0.3) is 0 Å². The number of nitro groups is 1. The molecule has 0 aliphatic heterocycles. The Labute approximate surface area is 116 Å². The molecule has 0 unspecified atom stereocenters. The van der Waals surface area contributed by atoms with Crippen LogP contribution in [0.4, 0.5) is 5.95 Å². The lowest BCUT2D eigenvalue weighted by molar-refractivity contribution is -0.394. The molecule has 0 spiro atoms. The third-order valence-corrected chi connectivity index (χ3v) is 2.69. The van der Waals surface area contributed by atoms with Crippen molar-refractivity contribution in [3.05, 3.63) is 50.9 Å². The van der Waals surface area contributed by atoms with Crippen LogP contribution in [0.15, 0.2) is 39.5 Å². The third-order valence-electron chi connectivity index (χ3n) is 2.69. The van der Waals surface area contributed by atoms with Crippen LogP contribution < -0.4 is 10.4 Å². The molecule has 3 rings (SSSR count). The highest BCUT2D eigenvalue weighted by Crippen LogP contribution is 2.27. The van der Waals surface area contributed by atoms with E-state index in [2.05, 4.69) is 10.1 Å². The first kappa shape index (κ1) is 12.8. The number of hydrogen-bond donors (Lipinski definition) is 0. The minimum absolute atomic E-state index is 0.0996. The molecule has 0 N–H and O–H groups in total. The van der Waals surface area contributed by atoms with E-state index in [1.165, 1.54) is 7.05 Å². The summed E-state index contributed by atoms with van der Waals surface area (Å²) in [5.74, 6) is -0.396. The average molecular weight is 288 g/mol. The van der Waals surface area contributed by atoms with E-state index >= 15 is 0 Å². The van der Waals surface area contributed by atoms with Crippen LogP contribution in [-0.4, -0.2) is 19.7 Å². The molecule has 21 heavy (non-hydrogen) atoms. The van der Waals surface area contributed by atoms with Gasteiger partial charge in [0.1, 0.15) is 5.58 Å². The maximum atomic E-state index is 11.5. The van der Waals surface area contributed by atoms with Gasteiger partial charge in [0.15, 0.2) is 5.75 Å². The van der Waals surface area contributed by atoms with Crippen molar-refractivity contribution in [3.8, 4) is 11.8 Å². The highest BCUT2D eigenvalue weighted by atomic mass is 16.6. The first-order chi connectivity index (χ1) is 10.0. The monoisotopic (exact) mass is 288 g/mol. The topological polar surface area (TPSA) is 113 Å². The molecule has 9 heteroatoms. The number of fused-ring (bicyclic) bond motifs is 1. The number of para-hydroxylation sites is 1. The molecule has 2 aromatic heterocycles. The fraction of sp³-hybridized carbons (Fsp3) is 0.0833. The minimum Gasteiger partial charge on any atom is -0.422 e. The Morgan fingerprint density at radius 3 is 2.86 bits per heavy atom. The van der Waals surface area contributed by atoms with Crippen LogP contribution in [0.1, 0.15) is 0 Å². The van der Waals surface area contributed by atoms with E-state index < -0.39 is 16.5 Å². The number of nitrogens with zero attached hydrogens (tertiary/aromatic N) is 4. The highest BCUT2D eigenvalue weighted by molar-refractivity contribution is 5.83. The Kier molecular flexibility index (Phi) is 2.87. The van der Waals surface area contributed by atoms with E-state index in [4.69, 9.17) is 9.15 Å². The second kappa shape index (κ2) is 4.71. The van der Waals surface area contributed by atoms with Crippen molar-refractivity contribution >= 4 is 16.9 Å². The van der Waals surface area contributed by atoms with Gasteiger partial charge >= 0.3 is 17.6 Å². The van der Waals surface area contributed by atoms with Crippen LogP contribution in [0.5, 0.6) is 11.8 Å².